The zero-order valence-electron chi connectivity index (χ0n) is 11.7. The number of anilines is 2. The Labute approximate surface area is 120 Å². The lowest BCUT2D eigenvalue weighted by atomic mass is 10.1. The third-order valence-electron chi connectivity index (χ3n) is 4.18. The smallest absolute Gasteiger partial charge is 0.366 e. The zero-order chi connectivity index (χ0) is 15.0. The maximum atomic E-state index is 12.9. The van der Waals surface area contributed by atoms with E-state index in [1.165, 1.54) is 7.05 Å². The molecule has 116 valence electrons. The average molecular weight is 301 g/mol. The lowest BCUT2D eigenvalue weighted by molar-refractivity contribution is -0.141. The molecule has 0 saturated carbocycles. The fraction of sp³-hybridized carbons (Fsp3) is 0.692. The molecule has 3 rings (SSSR count). The van der Waals surface area contributed by atoms with E-state index >= 15 is 0 Å². The van der Waals surface area contributed by atoms with Gasteiger partial charge in [0.25, 0.3) is 0 Å². The second kappa shape index (κ2) is 5.32. The van der Waals surface area contributed by atoms with Crippen LogP contribution in [-0.2, 0) is 6.18 Å². The van der Waals surface area contributed by atoms with E-state index in [-0.39, 0.29) is 17.8 Å². The summed E-state index contributed by atoms with van der Waals surface area (Å²) in [7, 11) is 1.51. The number of nitrogens with one attached hydrogen (secondary N) is 2. The van der Waals surface area contributed by atoms with Gasteiger partial charge in [-0.2, -0.15) is 18.2 Å². The molecule has 1 aromatic rings. The summed E-state index contributed by atoms with van der Waals surface area (Å²) in [5, 5.41) is 5.75. The van der Waals surface area contributed by atoms with Crippen LogP contribution in [0.1, 0.15) is 25.0 Å². The Balaban J connectivity index is 1.81. The van der Waals surface area contributed by atoms with E-state index in [1.807, 2.05) is 0 Å². The maximum Gasteiger partial charge on any atom is 0.433 e. The van der Waals surface area contributed by atoms with Crippen LogP contribution in [-0.4, -0.2) is 47.1 Å². The summed E-state index contributed by atoms with van der Waals surface area (Å²) in [4.78, 5) is 9.95. The summed E-state index contributed by atoms with van der Waals surface area (Å²) in [5.41, 5.74) is -0.925. The Morgan fingerprint density at radius 2 is 2.05 bits per heavy atom. The third-order valence-corrected chi connectivity index (χ3v) is 4.18. The Hall–Kier alpha value is -1.57. The highest BCUT2D eigenvalue weighted by Gasteiger charge is 2.38. The molecule has 0 aromatic carbocycles. The minimum Gasteiger partial charge on any atom is -0.366 e. The number of nitrogens with zero attached hydrogens (tertiary/aromatic N) is 3. The van der Waals surface area contributed by atoms with Gasteiger partial charge in [-0.05, 0) is 25.8 Å². The number of rotatable bonds is 3. The van der Waals surface area contributed by atoms with Crippen LogP contribution < -0.4 is 10.6 Å². The van der Waals surface area contributed by atoms with Gasteiger partial charge in [-0.15, -0.1) is 0 Å². The molecule has 2 aliphatic rings. The van der Waals surface area contributed by atoms with E-state index in [0.29, 0.717) is 6.04 Å². The first-order chi connectivity index (χ1) is 9.97. The summed E-state index contributed by atoms with van der Waals surface area (Å²) in [6, 6.07) is 1.55. The van der Waals surface area contributed by atoms with Gasteiger partial charge in [-0.3, -0.25) is 4.90 Å². The topological polar surface area (TPSA) is 53.1 Å². The van der Waals surface area contributed by atoms with Crippen molar-refractivity contribution in [2.75, 3.05) is 30.8 Å². The SMILES string of the molecule is CNc1nc(NC2CCN3CCCC23)cc(C(F)(F)F)n1. The summed E-state index contributed by atoms with van der Waals surface area (Å²) in [6.45, 7) is 2.08. The summed E-state index contributed by atoms with van der Waals surface area (Å²) in [6.07, 6.45) is -1.29. The van der Waals surface area contributed by atoms with Crippen LogP contribution in [0.4, 0.5) is 24.9 Å². The molecular weight excluding hydrogens is 283 g/mol. The van der Waals surface area contributed by atoms with Crippen molar-refractivity contribution in [2.45, 2.75) is 37.5 Å². The number of fused-ring (bicyclic) bond motifs is 1. The summed E-state index contributed by atoms with van der Waals surface area (Å²) in [5.74, 6) is 0.217. The van der Waals surface area contributed by atoms with Gasteiger partial charge in [-0.1, -0.05) is 0 Å². The van der Waals surface area contributed by atoms with Crippen LogP contribution in [0.3, 0.4) is 0 Å². The summed E-state index contributed by atoms with van der Waals surface area (Å²) < 4.78 is 38.6. The van der Waals surface area contributed by atoms with Crippen molar-refractivity contribution in [1.29, 1.82) is 0 Å². The van der Waals surface area contributed by atoms with Crippen molar-refractivity contribution in [1.82, 2.24) is 14.9 Å². The molecule has 2 unspecified atom stereocenters. The van der Waals surface area contributed by atoms with E-state index < -0.39 is 11.9 Å². The van der Waals surface area contributed by atoms with Crippen molar-refractivity contribution in [3.05, 3.63) is 11.8 Å². The molecule has 0 radical (unpaired) electrons. The van der Waals surface area contributed by atoms with Crippen LogP contribution in [0.2, 0.25) is 0 Å². The molecule has 2 atom stereocenters. The molecule has 3 heterocycles. The van der Waals surface area contributed by atoms with Gasteiger partial charge >= 0.3 is 6.18 Å². The van der Waals surface area contributed by atoms with Gasteiger partial charge in [0.2, 0.25) is 5.95 Å². The standard InChI is InChI=1S/C13H18F3N5/c1-17-12-19-10(13(14,15)16)7-11(20-12)18-8-4-6-21-5-2-3-9(8)21/h7-9H,2-6H2,1H3,(H2,17,18,19,20). The lowest BCUT2D eigenvalue weighted by Crippen LogP contribution is -2.34. The molecule has 0 spiro atoms. The lowest BCUT2D eigenvalue weighted by Gasteiger charge is -2.22. The monoisotopic (exact) mass is 301 g/mol. The first-order valence-electron chi connectivity index (χ1n) is 7.12. The van der Waals surface area contributed by atoms with Crippen LogP contribution in [0.5, 0.6) is 0 Å². The second-order valence-corrected chi connectivity index (χ2v) is 5.49. The molecule has 21 heavy (non-hydrogen) atoms. The van der Waals surface area contributed by atoms with Crippen molar-refractivity contribution >= 4 is 11.8 Å². The molecule has 2 saturated heterocycles. The Bertz CT molecular complexity index is 519. The predicted molar refractivity (Wildman–Crippen MR) is 73.2 cm³/mol. The van der Waals surface area contributed by atoms with Crippen LogP contribution in [0.25, 0.3) is 0 Å². The van der Waals surface area contributed by atoms with Gasteiger partial charge in [0, 0.05) is 31.7 Å². The molecular formula is C13H18F3N5. The molecule has 0 bridgehead atoms. The Morgan fingerprint density at radius 3 is 2.76 bits per heavy atom. The fourth-order valence-corrected chi connectivity index (χ4v) is 3.22. The van der Waals surface area contributed by atoms with Crippen LogP contribution in [0, 0.1) is 0 Å². The van der Waals surface area contributed by atoms with Crippen LogP contribution in [0.15, 0.2) is 6.07 Å². The highest BCUT2D eigenvalue weighted by Crippen LogP contribution is 2.32. The molecule has 2 fully saturated rings. The first-order valence-corrected chi connectivity index (χ1v) is 7.12. The first kappa shape index (κ1) is 14.4. The maximum absolute atomic E-state index is 12.9. The van der Waals surface area contributed by atoms with E-state index in [2.05, 4.69) is 25.5 Å². The van der Waals surface area contributed by atoms with Crippen molar-refractivity contribution < 1.29 is 13.2 Å². The van der Waals surface area contributed by atoms with Gasteiger partial charge in [-0.25, -0.2) is 4.98 Å². The molecule has 1 aromatic heterocycles. The Kier molecular flexibility index (Phi) is 3.64. The van der Waals surface area contributed by atoms with Gasteiger partial charge in [0.1, 0.15) is 5.82 Å². The quantitative estimate of drug-likeness (QED) is 0.896. The van der Waals surface area contributed by atoms with Crippen molar-refractivity contribution in [3.8, 4) is 0 Å². The van der Waals surface area contributed by atoms with E-state index in [1.54, 1.807) is 0 Å². The van der Waals surface area contributed by atoms with Crippen molar-refractivity contribution in [3.63, 3.8) is 0 Å². The van der Waals surface area contributed by atoms with Gasteiger partial charge < -0.3 is 10.6 Å². The molecule has 0 amide bonds. The van der Waals surface area contributed by atoms with E-state index in [9.17, 15) is 13.2 Å². The highest BCUT2D eigenvalue weighted by atomic mass is 19.4. The largest absolute Gasteiger partial charge is 0.433 e. The van der Waals surface area contributed by atoms with Crippen molar-refractivity contribution in [2.24, 2.45) is 0 Å². The average Bonchev–Trinajstić information content (AvgIpc) is 3.02. The van der Waals surface area contributed by atoms with E-state index in [4.69, 9.17) is 0 Å². The minimum atomic E-state index is -4.47. The normalized spacial score (nSPS) is 25.9. The second-order valence-electron chi connectivity index (χ2n) is 5.49. The number of aromatic nitrogens is 2. The fourth-order valence-electron chi connectivity index (χ4n) is 3.22. The summed E-state index contributed by atoms with van der Waals surface area (Å²) >= 11 is 0. The molecule has 0 aliphatic carbocycles. The molecule has 2 N–H and O–H groups in total. The predicted octanol–water partition coefficient (Wildman–Crippen LogP) is 2.19. The molecule has 8 heteroatoms. The van der Waals surface area contributed by atoms with E-state index in [0.717, 1.165) is 38.4 Å². The third kappa shape index (κ3) is 2.90. The zero-order valence-corrected chi connectivity index (χ0v) is 11.7. The molecule has 5 nitrogen and oxygen atoms in total. The highest BCUT2D eigenvalue weighted by molar-refractivity contribution is 5.44. The molecule has 2 aliphatic heterocycles. The minimum absolute atomic E-state index is 0.0198. The number of hydrogen-bond donors (Lipinski definition) is 2. The Morgan fingerprint density at radius 1 is 1.24 bits per heavy atom. The number of alkyl halides is 3. The van der Waals surface area contributed by atoms with Gasteiger partial charge in [0.15, 0.2) is 5.69 Å². The number of halogens is 3. The number of hydrogen-bond acceptors (Lipinski definition) is 5. The van der Waals surface area contributed by atoms with Crippen LogP contribution >= 0.6 is 0 Å². The van der Waals surface area contributed by atoms with Gasteiger partial charge in [0.05, 0.1) is 0 Å².